The van der Waals surface area contributed by atoms with E-state index < -0.39 is 0 Å². The van der Waals surface area contributed by atoms with Gasteiger partial charge in [0, 0.05) is 17.4 Å². The van der Waals surface area contributed by atoms with E-state index in [-0.39, 0.29) is 10.9 Å². The fraction of sp³-hybridized carbons (Fsp3) is 0.200. The Labute approximate surface area is 145 Å². The third-order valence-electron chi connectivity index (χ3n) is 4.45. The molecule has 1 aliphatic rings. The van der Waals surface area contributed by atoms with Crippen molar-refractivity contribution in [3.05, 3.63) is 82.3 Å². The fourth-order valence-corrected chi connectivity index (χ4v) is 4.14. The third-order valence-corrected chi connectivity index (χ3v) is 5.53. The highest BCUT2D eigenvalue weighted by molar-refractivity contribution is 7.99. The molecule has 3 nitrogen and oxygen atoms in total. The summed E-state index contributed by atoms with van der Waals surface area (Å²) in [7, 11) is 0. The van der Waals surface area contributed by atoms with Crippen LogP contribution in [0.1, 0.15) is 23.3 Å². The minimum Gasteiger partial charge on any atom is -0.292 e. The second-order valence-electron chi connectivity index (χ2n) is 5.99. The lowest BCUT2D eigenvalue weighted by molar-refractivity contribution is 0.630. The fourth-order valence-electron chi connectivity index (χ4n) is 3.18. The Morgan fingerprint density at radius 2 is 1.83 bits per heavy atom. The van der Waals surface area contributed by atoms with Crippen LogP contribution >= 0.6 is 11.8 Å². The van der Waals surface area contributed by atoms with E-state index in [2.05, 4.69) is 48.3 Å². The smallest absolute Gasteiger partial charge is 0.292 e. The van der Waals surface area contributed by atoms with Crippen LogP contribution in [-0.2, 0) is 13.0 Å². The van der Waals surface area contributed by atoms with Crippen LogP contribution in [0.2, 0.25) is 0 Å². The highest BCUT2D eigenvalue weighted by Crippen LogP contribution is 2.36. The largest absolute Gasteiger partial charge is 0.349 e. The Hall–Kier alpha value is -2.33. The summed E-state index contributed by atoms with van der Waals surface area (Å²) in [6.45, 7) is 2.85. The first kappa shape index (κ1) is 15.2. The highest BCUT2D eigenvalue weighted by atomic mass is 32.2. The van der Waals surface area contributed by atoms with E-state index in [0.717, 1.165) is 22.7 Å². The summed E-state index contributed by atoms with van der Waals surface area (Å²) in [5.74, 6) is 0. The van der Waals surface area contributed by atoms with Gasteiger partial charge < -0.3 is 0 Å². The molecule has 0 aliphatic carbocycles. The van der Waals surface area contributed by atoms with Gasteiger partial charge in [-0.1, -0.05) is 66.4 Å². The molecule has 1 atom stereocenters. The third kappa shape index (κ3) is 2.78. The van der Waals surface area contributed by atoms with Gasteiger partial charge in [-0.3, -0.25) is 4.57 Å². The Balaban J connectivity index is 1.72. The van der Waals surface area contributed by atoms with Gasteiger partial charge in [0.1, 0.15) is 5.03 Å². The Bertz CT molecular complexity index is 934. The van der Waals surface area contributed by atoms with Gasteiger partial charge in [0.2, 0.25) is 0 Å². The zero-order valence-electron chi connectivity index (χ0n) is 13.5. The lowest BCUT2D eigenvalue weighted by Gasteiger charge is -2.22. The molecule has 3 aromatic rings. The summed E-state index contributed by atoms with van der Waals surface area (Å²) < 4.78 is 1.79. The predicted octanol–water partition coefficient (Wildman–Crippen LogP) is 4.32. The number of hydrogen-bond donors (Lipinski definition) is 0. The van der Waals surface area contributed by atoms with Crippen molar-refractivity contribution in [3.8, 4) is 11.3 Å². The van der Waals surface area contributed by atoms with Crippen LogP contribution in [-0.4, -0.2) is 9.55 Å². The maximum atomic E-state index is 12.5. The molecule has 4 rings (SSSR count). The van der Waals surface area contributed by atoms with Crippen molar-refractivity contribution in [2.75, 3.05) is 0 Å². The number of aryl methyl sites for hydroxylation is 1. The van der Waals surface area contributed by atoms with Crippen LogP contribution in [0.25, 0.3) is 11.3 Å². The van der Waals surface area contributed by atoms with Gasteiger partial charge in [0.15, 0.2) is 0 Å². The standard InChI is InChI=1S/C20H18N2OS/c1-14(15-7-3-2-4-8-15)24-19-13-18-17-10-6-5-9-16(17)11-12-22(18)20(23)21-19/h2-10,13-14H,11-12H2,1H3. The Morgan fingerprint density at radius 1 is 1.08 bits per heavy atom. The van der Waals surface area contributed by atoms with Gasteiger partial charge in [-0.05, 0) is 30.5 Å². The minimum atomic E-state index is -0.148. The number of hydrogen-bond acceptors (Lipinski definition) is 3. The first-order valence-electron chi connectivity index (χ1n) is 8.14. The number of thioether (sulfide) groups is 1. The highest BCUT2D eigenvalue weighted by Gasteiger charge is 2.19. The van der Waals surface area contributed by atoms with Gasteiger partial charge >= 0.3 is 5.69 Å². The predicted molar refractivity (Wildman–Crippen MR) is 98.4 cm³/mol. The molecule has 0 N–H and O–H groups in total. The molecule has 4 heteroatoms. The lowest BCUT2D eigenvalue weighted by Crippen LogP contribution is -2.28. The zero-order chi connectivity index (χ0) is 16.5. The number of fused-ring (bicyclic) bond motifs is 3. The lowest BCUT2D eigenvalue weighted by atomic mass is 9.98. The van der Waals surface area contributed by atoms with Crippen molar-refractivity contribution >= 4 is 11.8 Å². The van der Waals surface area contributed by atoms with Crippen LogP contribution in [0.3, 0.4) is 0 Å². The molecule has 120 valence electrons. The number of aromatic nitrogens is 2. The number of rotatable bonds is 3. The summed E-state index contributed by atoms with van der Waals surface area (Å²) in [6.07, 6.45) is 0.887. The van der Waals surface area contributed by atoms with Crippen molar-refractivity contribution in [1.29, 1.82) is 0 Å². The van der Waals surface area contributed by atoms with E-state index in [1.54, 1.807) is 16.3 Å². The minimum absolute atomic E-state index is 0.148. The van der Waals surface area contributed by atoms with Gasteiger partial charge in [0.25, 0.3) is 0 Å². The van der Waals surface area contributed by atoms with Crippen molar-refractivity contribution in [2.24, 2.45) is 0 Å². The molecular weight excluding hydrogens is 316 g/mol. The van der Waals surface area contributed by atoms with Gasteiger partial charge in [-0.25, -0.2) is 4.79 Å². The van der Waals surface area contributed by atoms with Crippen LogP contribution in [0, 0.1) is 0 Å². The van der Waals surface area contributed by atoms with E-state index in [1.165, 1.54) is 11.1 Å². The van der Waals surface area contributed by atoms with Crippen molar-refractivity contribution in [1.82, 2.24) is 9.55 Å². The van der Waals surface area contributed by atoms with Crippen molar-refractivity contribution in [3.63, 3.8) is 0 Å². The molecule has 0 radical (unpaired) electrons. The maximum Gasteiger partial charge on any atom is 0.349 e. The molecule has 24 heavy (non-hydrogen) atoms. The molecule has 0 spiro atoms. The molecule has 1 aliphatic heterocycles. The molecular formula is C20H18N2OS. The second-order valence-corrected chi connectivity index (χ2v) is 7.35. The van der Waals surface area contributed by atoms with Gasteiger partial charge in [-0.2, -0.15) is 4.98 Å². The second kappa shape index (κ2) is 6.29. The quantitative estimate of drug-likeness (QED) is 0.528. The molecule has 2 heterocycles. The normalized spacial score (nSPS) is 13.9. The van der Waals surface area contributed by atoms with Crippen LogP contribution < -0.4 is 5.69 Å². The van der Waals surface area contributed by atoms with E-state index in [1.807, 2.05) is 24.3 Å². The first-order valence-corrected chi connectivity index (χ1v) is 9.02. The Kier molecular flexibility index (Phi) is 3.98. The van der Waals surface area contributed by atoms with E-state index in [0.29, 0.717) is 6.54 Å². The average Bonchev–Trinajstić information content (AvgIpc) is 2.62. The van der Waals surface area contributed by atoms with E-state index in [9.17, 15) is 4.79 Å². The zero-order valence-corrected chi connectivity index (χ0v) is 14.3. The van der Waals surface area contributed by atoms with E-state index in [4.69, 9.17) is 0 Å². The number of benzene rings is 2. The molecule has 1 aromatic heterocycles. The Morgan fingerprint density at radius 3 is 2.67 bits per heavy atom. The molecule has 0 amide bonds. The van der Waals surface area contributed by atoms with Crippen molar-refractivity contribution in [2.45, 2.75) is 30.2 Å². The summed E-state index contributed by atoms with van der Waals surface area (Å²) in [5.41, 5.74) is 4.53. The SMILES string of the molecule is CC(Sc1cc2n(c(=O)n1)CCc1ccccc1-2)c1ccccc1. The molecule has 0 bridgehead atoms. The monoisotopic (exact) mass is 334 g/mol. The number of nitrogens with zero attached hydrogens (tertiary/aromatic N) is 2. The molecule has 0 fully saturated rings. The average molecular weight is 334 g/mol. The molecule has 0 saturated carbocycles. The summed E-state index contributed by atoms with van der Waals surface area (Å²) in [5, 5.41) is 1.04. The van der Waals surface area contributed by atoms with Crippen molar-refractivity contribution < 1.29 is 0 Å². The van der Waals surface area contributed by atoms with Gasteiger partial charge in [0.05, 0.1) is 5.69 Å². The topological polar surface area (TPSA) is 34.9 Å². The maximum absolute atomic E-state index is 12.5. The molecule has 0 saturated heterocycles. The van der Waals surface area contributed by atoms with Crippen LogP contribution in [0.4, 0.5) is 0 Å². The molecule has 1 unspecified atom stereocenters. The summed E-state index contributed by atoms with van der Waals surface area (Å²) >= 11 is 1.63. The van der Waals surface area contributed by atoms with Crippen LogP contribution in [0.15, 0.2) is 70.5 Å². The first-order chi connectivity index (χ1) is 11.7. The van der Waals surface area contributed by atoms with Crippen LogP contribution in [0.5, 0.6) is 0 Å². The van der Waals surface area contributed by atoms with Gasteiger partial charge in [-0.15, -0.1) is 0 Å². The molecule has 2 aromatic carbocycles. The van der Waals surface area contributed by atoms with E-state index >= 15 is 0 Å². The summed E-state index contributed by atoms with van der Waals surface area (Å²) in [6, 6.07) is 20.7. The summed E-state index contributed by atoms with van der Waals surface area (Å²) in [4.78, 5) is 16.7.